The van der Waals surface area contributed by atoms with Gasteiger partial charge in [0.1, 0.15) is 11.5 Å². The summed E-state index contributed by atoms with van der Waals surface area (Å²) in [7, 11) is 0. The van der Waals surface area contributed by atoms with Gasteiger partial charge in [0, 0.05) is 38.0 Å². The molecule has 1 saturated carbocycles. The molecule has 0 radical (unpaired) electrons. The van der Waals surface area contributed by atoms with Crippen molar-refractivity contribution in [2.75, 3.05) is 13.1 Å². The quantitative estimate of drug-likeness (QED) is 0.556. The maximum Gasteiger partial charge on any atom is 0.573 e. The zero-order chi connectivity index (χ0) is 24.9. The van der Waals surface area contributed by atoms with Gasteiger partial charge in [-0.1, -0.05) is 25.5 Å². The first kappa shape index (κ1) is 25.5. The average Bonchev–Trinajstić information content (AvgIpc) is 2.78. The highest BCUT2D eigenvalue weighted by molar-refractivity contribution is 5.91. The van der Waals surface area contributed by atoms with Gasteiger partial charge in [-0.2, -0.15) is 0 Å². The number of hydrogen-bond acceptors (Lipinski definition) is 4. The number of carbonyl (C=O) groups excluding carboxylic acids is 3. The summed E-state index contributed by atoms with van der Waals surface area (Å²) < 4.78 is 42.3. The van der Waals surface area contributed by atoms with Crippen molar-refractivity contribution >= 4 is 23.3 Å². The highest BCUT2D eigenvalue weighted by Gasteiger charge is 2.48. The molecular formula is C24H28F3N3O4. The monoisotopic (exact) mass is 479 g/mol. The van der Waals surface area contributed by atoms with Crippen LogP contribution >= 0.6 is 0 Å². The average molecular weight is 479 g/mol. The third-order valence-electron chi connectivity index (χ3n) is 6.63. The second-order valence-corrected chi connectivity index (χ2v) is 8.96. The third-order valence-corrected chi connectivity index (χ3v) is 6.63. The van der Waals surface area contributed by atoms with E-state index in [0.717, 1.165) is 12.5 Å². The van der Waals surface area contributed by atoms with Crippen LogP contribution in [-0.2, 0) is 20.9 Å². The van der Waals surface area contributed by atoms with Gasteiger partial charge in [0.2, 0.25) is 11.8 Å². The number of rotatable bonds is 8. The lowest BCUT2D eigenvalue weighted by atomic mass is 9.64. The van der Waals surface area contributed by atoms with E-state index >= 15 is 0 Å². The van der Waals surface area contributed by atoms with Gasteiger partial charge in [-0.15, -0.1) is 13.2 Å². The number of ketones is 1. The van der Waals surface area contributed by atoms with Gasteiger partial charge in [0.25, 0.3) is 0 Å². The minimum atomic E-state index is -4.93. The highest BCUT2D eigenvalue weighted by atomic mass is 19.4. The van der Waals surface area contributed by atoms with Gasteiger partial charge in [-0.25, -0.2) is 4.85 Å². The summed E-state index contributed by atoms with van der Waals surface area (Å²) in [6, 6.07) is 3.66. The first-order chi connectivity index (χ1) is 16.1. The van der Waals surface area contributed by atoms with Crippen molar-refractivity contribution in [3.63, 3.8) is 0 Å². The molecule has 0 aromatic heterocycles. The SMILES string of the molecule is [C-]#[N+]c1ccc(CNC(=O)[C@@H]2CCCN(C(=O)C3(CC(=O)CC)CCC3)C2)c(OC(F)(F)F)c1. The van der Waals surface area contributed by atoms with Crippen LogP contribution in [0, 0.1) is 17.9 Å². The number of carbonyl (C=O) groups is 3. The molecule has 1 aromatic rings. The molecule has 1 aliphatic carbocycles. The van der Waals surface area contributed by atoms with Gasteiger partial charge in [0.15, 0.2) is 5.69 Å². The summed E-state index contributed by atoms with van der Waals surface area (Å²) >= 11 is 0. The van der Waals surface area contributed by atoms with Crippen LogP contribution in [0.25, 0.3) is 4.85 Å². The topological polar surface area (TPSA) is 80.1 Å². The Balaban J connectivity index is 1.63. The van der Waals surface area contributed by atoms with Crippen molar-refractivity contribution in [1.29, 1.82) is 0 Å². The Labute approximate surface area is 196 Å². The molecule has 3 rings (SSSR count). The van der Waals surface area contributed by atoms with Gasteiger partial charge in [-0.3, -0.25) is 14.4 Å². The lowest BCUT2D eigenvalue weighted by molar-refractivity contribution is -0.274. The highest BCUT2D eigenvalue weighted by Crippen LogP contribution is 2.46. The lowest BCUT2D eigenvalue weighted by Crippen LogP contribution is -2.53. The zero-order valence-corrected chi connectivity index (χ0v) is 19.0. The molecular weight excluding hydrogens is 451 g/mol. The molecule has 1 saturated heterocycles. The second-order valence-electron chi connectivity index (χ2n) is 8.96. The maximum absolute atomic E-state index is 13.2. The van der Waals surface area contributed by atoms with E-state index in [0.29, 0.717) is 38.6 Å². The van der Waals surface area contributed by atoms with Crippen molar-refractivity contribution in [1.82, 2.24) is 10.2 Å². The number of ether oxygens (including phenoxy) is 1. The van der Waals surface area contributed by atoms with Crippen LogP contribution in [0.2, 0.25) is 0 Å². The normalized spacial score (nSPS) is 19.5. The number of halogens is 3. The number of hydrogen-bond donors (Lipinski definition) is 1. The predicted octanol–water partition coefficient (Wildman–Crippen LogP) is 4.53. The summed E-state index contributed by atoms with van der Waals surface area (Å²) in [5, 5.41) is 2.64. The summed E-state index contributed by atoms with van der Waals surface area (Å²) in [4.78, 5) is 42.8. The number of amides is 2. The molecule has 0 spiro atoms. The van der Waals surface area contributed by atoms with Crippen LogP contribution in [0.1, 0.15) is 57.4 Å². The number of likely N-dealkylation sites (tertiary alicyclic amines) is 1. The van der Waals surface area contributed by atoms with Crippen molar-refractivity contribution in [3.8, 4) is 5.75 Å². The molecule has 2 amide bonds. The molecule has 0 bridgehead atoms. The van der Waals surface area contributed by atoms with E-state index in [1.54, 1.807) is 11.8 Å². The van der Waals surface area contributed by atoms with Gasteiger partial charge >= 0.3 is 6.36 Å². The van der Waals surface area contributed by atoms with Crippen LogP contribution in [-0.4, -0.2) is 41.9 Å². The Bertz CT molecular complexity index is 983. The van der Waals surface area contributed by atoms with E-state index in [2.05, 4.69) is 14.9 Å². The smallest absolute Gasteiger partial charge is 0.407 e. The van der Waals surface area contributed by atoms with Crippen LogP contribution in [0.3, 0.4) is 0 Å². The van der Waals surface area contributed by atoms with Crippen LogP contribution < -0.4 is 10.1 Å². The van der Waals surface area contributed by atoms with E-state index in [1.165, 1.54) is 12.1 Å². The Morgan fingerprint density at radius 3 is 2.59 bits per heavy atom. The molecule has 2 fully saturated rings. The Morgan fingerprint density at radius 2 is 2.00 bits per heavy atom. The molecule has 34 heavy (non-hydrogen) atoms. The van der Waals surface area contributed by atoms with E-state index in [4.69, 9.17) is 6.57 Å². The number of alkyl halides is 3. The number of nitrogens with zero attached hydrogens (tertiary/aromatic N) is 2. The number of piperidine rings is 1. The second kappa shape index (κ2) is 10.5. The Morgan fingerprint density at radius 1 is 1.26 bits per heavy atom. The van der Waals surface area contributed by atoms with Crippen molar-refractivity contribution in [2.24, 2.45) is 11.3 Å². The summed E-state index contributed by atoms with van der Waals surface area (Å²) in [5.74, 6) is -1.41. The fraction of sp³-hybridized carbons (Fsp3) is 0.583. The van der Waals surface area contributed by atoms with E-state index in [9.17, 15) is 27.6 Å². The molecule has 1 aromatic carbocycles. The maximum atomic E-state index is 13.2. The van der Waals surface area contributed by atoms with E-state index in [-0.39, 0.29) is 48.4 Å². The fourth-order valence-corrected chi connectivity index (χ4v) is 4.59. The van der Waals surface area contributed by atoms with Gasteiger partial charge < -0.3 is 15.0 Å². The summed E-state index contributed by atoms with van der Waals surface area (Å²) in [5.41, 5.74) is -0.574. The number of Topliss-reactive ketones (excluding diaryl/α,β-unsaturated/α-hetero) is 1. The molecule has 10 heteroatoms. The van der Waals surface area contributed by atoms with Crippen LogP contribution in [0.15, 0.2) is 18.2 Å². The van der Waals surface area contributed by atoms with Crippen molar-refractivity contribution < 1.29 is 32.3 Å². The zero-order valence-electron chi connectivity index (χ0n) is 19.0. The first-order valence-electron chi connectivity index (χ1n) is 11.4. The molecule has 1 N–H and O–H groups in total. The van der Waals surface area contributed by atoms with E-state index < -0.39 is 23.4 Å². The van der Waals surface area contributed by atoms with Gasteiger partial charge in [0.05, 0.1) is 17.9 Å². The Hall–Kier alpha value is -3.09. The molecule has 184 valence electrons. The van der Waals surface area contributed by atoms with Crippen molar-refractivity contribution in [2.45, 2.75) is 64.8 Å². The van der Waals surface area contributed by atoms with E-state index in [1.807, 2.05) is 0 Å². The summed E-state index contributed by atoms with van der Waals surface area (Å²) in [6.45, 7) is 9.29. The molecule has 1 heterocycles. The van der Waals surface area contributed by atoms with Crippen molar-refractivity contribution in [3.05, 3.63) is 35.2 Å². The minimum Gasteiger partial charge on any atom is -0.407 e. The fourth-order valence-electron chi connectivity index (χ4n) is 4.59. The van der Waals surface area contributed by atoms with Crippen LogP contribution in [0.4, 0.5) is 18.9 Å². The third kappa shape index (κ3) is 6.07. The largest absolute Gasteiger partial charge is 0.573 e. The Kier molecular flexibility index (Phi) is 7.85. The first-order valence-corrected chi connectivity index (χ1v) is 11.4. The molecule has 1 atom stereocenters. The minimum absolute atomic E-state index is 0.0118. The lowest BCUT2D eigenvalue weighted by Gasteiger charge is -2.45. The van der Waals surface area contributed by atoms with Gasteiger partial charge in [-0.05, 0) is 31.7 Å². The number of nitrogens with one attached hydrogen (secondary N) is 1. The predicted molar refractivity (Wildman–Crippen MR) is 117 cm³/mol. The van der Waals surface area contributed by atoms with Crippen LogP contribution in [0.5, 0.6) is 5.75 Å². The molecule has 2 aliphatic rings. The molecule has 1 aliphatic heterocycles. The molecule has 7 nitrogen and oxygen atoms in total. The number of benzene rings is 1. The summed E-state index contributed by atoms with van der Waals surface area (Å²) in [6.07, 6.45) is -0.880. The standard InChI is InChI=1S/C24H28F3N3O4/c1-3-19(31)13-23(9-5-10-23)22(33)30-11-4-6-17(15-30)21(32)29-14-16-7-8-18(28-2)12-20(16)34-24(25,26)27/h7-8,12,17H,3-6,9-11,13-15H2,1H3,(H,29,32)/t17-/m1/s1. The molecule has 0 unspecified atom stereocenters.